The summed E-state index contributed by atoms with van der Waals surface area (Å²) < 4.78 is 2.55. The highest BCUT2D eigenvalue weighted by Crippen LogP contribution is 2.36. The number of aryl methyl sites for hydroxylation is 1. The summed E-state index contributed by atoms with van der Waals surface area (Å²) in [5, 5.41) is 0.480. The Bertz CT molecular complexity index is 1050. The second-order valence-corrected chi connectivity index (χ2v) is 5.76. The molecule has 0 fully saturated rings. The molecule has 4 rings (SSSR count). The molecule has 3 aromatic rings. The number of para-hydroxylation sites is 1. The highest BCUT2D eigenvalue weighted by molar-refractivity contribution is 5.92. The van der Waals surface area contributed by atoms with Crippen molar-refractivity contribution in [2.24, 2.45) is 14.1 Å². The minimum Gasteiger partial charge on any atom is -0.340 e. The Balaban J connectivity index is 2.07. The van der Waals surface area contributed by atoms with Crippen LogP contribution in [-0.4, -0.2) is 20.7 Å². The third kappa shape index (κ3) is 1.84. The number of nitrogens with zero attached hydrogens (tertiary/aromatic N) is 4. The number of hydrogen-bond donors (Lipinski definition) is 0. The van der Waals surface area contributed by atoms with Crippen LogP contribution in [0.2, 0.25) is 0 Å². The second kappa shape index (κ2) is 4.81. The maximum atomic E-state index is 12.7. The molecule has 1 aromatic carbocycles. The first-order valence-corrected chi connectivity index (χ1v) is 7.50. The van der Waals surface area contributed by atoms with Gasteiger partial charge in [0.1, 0.15) is 5.39 Å². The molecular formula is C17H16N4O2. The maximum Gasteiger partial charge on any atom is 0.332 e. The lowest BCUT2D eigenvalue weighted by Gasteiger charge is -2.21. The molecule has 0 aliphatic carbocycles. The van der Waals surface area contributed by atoms with Crippen LogP contribution in [0.3, 0.4) is 0 Å². The lowest BCUT2D eigenvalue weighted by atomic mass is 10.2. The van der Waals surface area contributed by atoms with Gasteiger partial charge in [0.2, 0.25) is 0 Å². The quantitative estimate of drug-likeness (QED) is 0.680. The monoisotopic (exact) mass is 308 g/mol. The molecule has 0 spiro atoms. The zero-order chi connectivity index (χ0) is 16.1. The van der Waals surface area contributed by atoms with Gasteiger partial charge in [-0.1, -0.05) is 18.2 Å². The van der Waals surface area contributed by atoms with Crippen LogP contribution in [0.25, 0.3) is 11.0 Å². The molecule has 2 aromatic heterocycles. The first kappa shape index (κ1) is 13.8. The SMILES string of the molecule is Cn1c(=O)c2c(N3CCc4ccccc43)ccnc2n(C)c1=O. The zero-order valence-corrected chi connectivity index (χ0v) is 13.0. The van der Waals surface area contributed by atoms with E-state index in [2.05, 4.69) is 22.0 Å². The average Bonchev–Trinajstić information content (AvgIpc) is 3.01. The van der Waals surface area contributed by atoms with Crippen molar-refractivity contribution in [2.45, 2.75) is 6.42 Å². The number of anilines is 2. The summed E-state index contributed by atoms with van der Waals surface area (Å²) in [5.41, 5.74) is 2.91. The Labute approximate surface area is 132 Å². The lowest BCUT2D eigenvalue weighted by molar-refractivity contribution is 0.707. The minimum atomic E-state index is -0.367. The van der Waals surface area contributed by atoms with Crippen LogP contribution in [0.1, 0.15) is 5.56 Å². The predicted molar refractivity (Wildman–Crippen MR) is 89.4 cm³/mol. The number of fused-ring (bicyclic) bond motifs is 2. The molecule has 116 valence electrons. The van der Waals surface area contributed by atoms with Crippen LogP contribution in [0.4, 0.5) is 11.4 Å². The molecule has 0 bridgehead atoms. The highest BCUT2D eigenvalue weighted by atomic mass is 16.2. The fourth-order valence-electron chi connectivity index (χ4n) is 3.28. The molecule has 0 saturated heterocycles. The van der Waals surface area contributed by atoms with E-state index in [-0.39, 0.29) is 11.2 Å². The molecule has 1 aliphatic rings. The highest BCUT2D eigenvalue weighted by Gasteiger charge is 2.24. The van der Waals surface area contributed by atoms with E-state index in [1.807, 2.05) is 18.2 Å². The molecule has 6 heteroatoms. The Hall–Kier alpha value is -2.89. The van der Waals surface area contributed by atoms with E-state index in [1.54, 1.807) is 13.2 Å². The van der Waals surface area contributed by atoms with E-state index in [0.717, 1.165) is 28.9 Å². The molecule has 0 N–H and O–H groups in total. The van der Waals surface area contributed by atoms with E-state index in [0.29, 0.717) is 11.0 Å². The summed E-state index contributed by atoms with van der Waals surface area (Å²) in [6.07, 6.45) is 2.59. The van der Waals surface area contributed by atoms with E-state index in [1.165, 1.54) is 17.2 Å². The Morgan fingerprint density at radius 3 is 2.61 bits per heavy atom. The first-order chi connectivity index (χ1) is 11.1. The molecule has 0 unspecified atom stereocenters. The third-order valence-corrected chi connectivity index (χ3v) is 4.50. The molecule has 0 saturated carbocycles. The number of pyridine rings is 1. The minimum absolute atomic E-state index is 0.310. The van der Waals surface area contributed by atoms with Gasteiger partial charge in [0.05, 0.1) is 5.69 Å². The molecule has 0 radical (unpaired) electrons. The molecule has 23 heavy (non-hydrogen) atoms. The lowest BCUT2D eigenvalue weighted by Crippen LogP contribution is -2.38. The van der Waals surface area contributed by atoms with E-state index in [4.69, 9.17) is 0 Å². The van der Waals surface area contributed by atoms with Crippen molar-refractivity contribution in [3.63, 3.8) is 0 Å². The van der Waals surface area contributed by atoms with Crippen LogP contribution in [0.15, 0.2) is 46.1 Å². The first-order valence-electron chi connectivity index (χ1n) is 7.50. The average molecular weight is 308 g/mol. The summed E-state index contributed by atoms with van der Waals surface area (Å²) in [6.45, 7) is 0.810. The van der Waals surface area contributed by atoms with Crippen LogP contribution in [0.5, 0.6) is 0 Å². The second-order valence-electron chi connectivity index (χ2n) is 5.76. The van der Waals surface area contributed by atoms with E-state index in [9.17, 15) is 9.59 Å². The van der Waals surface area contributed by atoms with Crippen molar-refractivity contribution in [3.05, 3.63) is 62.9 Å². The van der Waals surface area contributed by atoms with Gasteiger partial charge in [-0.2, -0.15) is 0 Å². The molecule has 3 heterocycles. The zero-order valence-electron chi connectivity index (χ0n) is 13.0. The van der Waals surface area contributed by atoms with Gasteiger partial charge in [-0.3, -0.25) is 13.9 Å². The van der Waals surface area contributed by atoms with Crippen molar-refractivity contribution in [1.29, 1.82) is 0 Å². The van der Waals surface area contributed by atoms with E-state index < -0.39 is 0 Å². The molecule has 0 amide bonds. The number of hydrogen-bond acceptors (Lipinski definition) is 4. The topological polar surface area (TPSA) is 60.1 Å². The largest absolute Gasteiger partial charge is 0.340 e. The summed E-state index contributed by atoms with van der Waals surface area (Å²) in [4.78, 5) is 31.2. The van der Waals surface area contributed by atoms with Crippen LogP contribution in [-0.2, 0) is 20.5 Å². The number of rotatable bonds is 1. The molecule has 1 aliphatic heterocycles. The van der Waals surface area contributed by atoms with E-state index >= 15 is 0 Å². The number of benzene rings is 1. The smallest absolute Gasteiger partial charge is 0.332 e. The summed E-state index contributed by atoms with van der Waals surface area (Å²) in [7, 11) is 3.14. The summed E-state index contributed by atoms with van der Waals surface area (Å²) >= 11 is 0. The van der Waals surface area contributed by atoms with Gasteiger partial charge in [0.25, 0.3) is 5.56 Å². The van der Waals surface area contributed by atoms with Gasteiger partial charge in [-0.15, -0.1) is 0 Å². The van der Waals surface area contributed by atoms with Gasteiger partial charge in [0.15, 0.2) is 5.65 Å². The molecule has 0 atom stereocenters. The van der Waals surface area contributed by atoms with Crippen LogP contribution < -0.4 is 16.1 Å². The van der Waals surface area contributed by atoms with Crippen LogP contribution in [0, 0.1) is 0 Å². The fourth-order valence-corrected chi connectivity index (χ4v) is 3.28. The maximum absolute atomic E-state index is 12.7. The van der Waals surface area contributed by atoms with Crippen molar-refractivity contribution in [2.75, 3.05) is 11.4 Å². The van der Waals surface area contributed by atoms with Gasteiger partial charge in [0, 0.05) is 32.5 Å². The van der Waals surface area contributed by atoms with Crippen molar-refractivity contribution in [3.8, 4) is 0 Å². The summed E-state index contributed by atoms with van der Waals surface area (Å²) in [5.74, 6) is 0. The summed E-state index contributed by atoms with van der Waals surface area (Å²) in [6, 6.07) is 10.0. The Morgan fingerprint density at radius 1 is 1.00 bits per heavy atom. The Kier molecular flexibility index (Phi) is 2.87. The third-order valence-electron chi connectivity index (χ3n) is 4.50. The fraction of sp³-hybridized carbons (Fsp3) is 0.235. The predicted octanol–water partition coefficient (Wildman–Crippen LogP) is 1.33. The van der Waals surface area contributed by atoms with Crippen molar-refractivity contribution < 1.29 is 0 Å². The molecular weight excluding hydrogens is 292 g/mol. The van der Waals surface area contributed by atoms with Gasteiger partial charge in [-0.25, -0.2) is 9.78 Å². The normalized spacial score (nSPS) is 13.6. The van der Waals surface area contributed by atoms with Gasteiger partial charge < -0.3 is 4.90 Å². The van der Waals surface area contributed by atoms with Crippen molar-refractivity contribution in [1.82, 2.24) is 14.1 Å². The van der Waals surface area contributed by atoms with Crippen molar-refractivity contribution >= 4 is 22.4 Å². The molecule has 6 nitrogen and oxygen atoms in total. The standard InChI is InChI=1S/C17H16N4O2/c1-19-15-14(16(22)20(2)17(19)23)13(7-9-18-15)21-10-8-11-5-3-4-6-12(11)21/h3-7,9H,8,10H2,1-2H3. The van der Waals surface area contributed by atoms with Crippen LogP contribution >= 0.6 is 0 Å². The Morgan fingerprint density at radius 2 is 1.78 bits per heavy atom. The van der Waals surface area contributed by atoms with Gasteiger partial charge in [-0.05, 0) is 24.1 Å². The number of aromatic nitrogens is 3. The van der Waals surface area contributed by atoms with Gasteiger partial charge >= 0.3 is 5.69 Å².